The Kier molecular flexibility index (Phi) is 3.06. The zero-order chi connectivity index (χ0) is 12.4. The Balaban J connectivity index is 2.47. The molecule has 0 saturated carbocycles. The normalized spacial score (nSPS) is 10.2. The lowest BCUT2D eigenvalue weighted by atomic mass is 10.2. The first kappa shape index (κ1) is 11.5. The Morgan fingerprint density at radius 1 is 1.12 bits per heavy atom. The molecule has 0 aliphatic carbocycles. The van der Waals surface area contributed by atoms with Gasteiger partial charge in [-0.05, 0) is 24.3 Å². The molecule has 2 rings (SSSR count). The molecule has 0 radical (unpaired) electrons. The highest BCUT2D eigenvalue weighted by molar-refractivity contribution is 9.10. The number of aromatic nitrogens is 2. The number of carbonyl (C=O) groups excluding carboxylic acids is 1. The first-order valence-corrected chi connectivity index (χ1v) is 5.49. The van der Waals surface area contributed by atoms with E-state index in [1.165, 1.54) is 0 Å². The number of hydrogen-bond acceptors (Lipinski definition) is 3. The van der Waals surface area contributed by atoms with Crippen LogP contribution in [0.25, 0.3) is 0 Å². The fourth-order valence-corrected chi connectivity index (χ4v) is 1.57. The summed E-state index contributed by atoms with van der Waals surface area (Å²) < 4.78 is 1.69. The lowest BCUT2D eigenvalue weighted by molar-refractivity contribution is 0.0954. The number of hydrogen-bond donors (Lipinski definition) is 1. The third kappa shape index (κ3) is 2.42. The molecule has 86 valence electrons. The van der Waals surface area contributed by atoms with Gasteiger partial charge in [-0.2, -0.15) is 0 Å². The molecule has 0 fully saturated rings. The van der Waals surface area contributed by atoms with Gasteiger partial charge < -0.3 is 0 Å². The molecule has 0 aliphatic rings. The Hall–Kier alpha value is -1.95. The van der Waals surface area contributed by atoms with E-state index in [2.05, 4.69) is 15.9 Å². The van der Waals surface area contributed by atoms with Gasteiger partial charge in [-0.3, -0.25) is 14.6 Å². The van der Waals surface area contributed by atoms with Crippen LogP contribution in [0.3, 0.4) is 0 Å². The molecule has 0 saturated heterocycles. The third-order valence-electron chi connectivity index (χ3n) is 2.13. The van der Waals surface area contributed by atoms with Crippen molar-refractivity contribution in [2.24, 2.45) is 0 Å². The summed E-state index contributed by atoms with van der Waals surface area (Å²) in [6, 6.07) is 7.69. The minimum atomic E-state index is -0.745. The van der Waals surface area contributed by atoms with Crippen LogP contribution in [0.4, 0.5) is 0 Å². The van der Waals surface area contributed by atoms with Crippen molar-refractivity contribution in [2.45, 2.75) is 0 Å². The second-order valence-electron chi connectivity index (χ2n) is 3.29. The maximum atomic E-state index is 11.9. The topological polar surface area (TPSA) is 71.9 Å². The van der Waals surface area contributed by atoms with E-state index in [1.807, 2.05) is 4.98 Å². The van der Waals surface area contributed by atoms with Crippen molar-refractivity contribution in [1.29, 1.82) is 0 Å². The second-order valence-corrected chi connectivity index (χ2v) is 4.21. The van der Waals surface area contributed by atoms with Crippen molar-refractivity contribution in [2.75, 3.05) is 0 Å². The molecule has 0 amide bonds. The molecule has 0 bridgehead atoms. The molecule has 0 aliphatic heterocycles. The van der Waals surface area contributed by atoms with Crippen LogP contribution in [0.15, 0.2) is 50.6 Å². The van der Waals surface area contributed by atoms with Gasteiger partial charge in [-0.15, -0.1) is 0 Å². The molecule has 0 atom stereocenters. The zero-order valence-electron chi connectivity index (χ0n) is 8.51. The van der Waals surface area contributed by atoms with Gasteiger partial charge in [-0.1, -0.05) is 15.9 Å². The van der Waals surface area contributed by atoms with Gasteiger partial charge in [0.05, 0.1) is 0 Å². The molecule has 1 heterocycles. The highest BCUT2D eigenvalue weighted by atomic mass is 79.9. The standard InChI is InChI=1S/C11H7BrN2O3/c12-8-3-1-7(2-4-8)10(16)14-6-5-9(15)13-11(14)17/h1-6H,(H,13,15,17). The van der Waals surface area contributed by atoms with E-state index >= 15 is 0 Å². The first-order valence-electron chi connectivity index (χ1n) is 4.70. The van der Waals surface area contributed by atoms with E-state index in [0.29, 0.717) is 5.56 Å². The molecule has 1 N–H and O–H groups in total. The predicted octanol–water partition coefficient (Wildman–Crippen LogP) is 0.988. The largest absolute Gasteiger partial charge is 0.335 e. The maximum Gasteiger partial charge on any atom is 0.335 e. The Bertz CT molecular complexity index is 670. The molecule has 1 aromatic heterocycles. The van der Waals surface area contributed by atoms with Crippen molar-refractivity contribution in [1.82, 2.24) is 9.55 Å². The monoisotopic (exact) mass is 294 g/mol. The van der Waals surface area contributed by atoms with E-state index in [0.717, 1.165) is 21.3 Å². The van der Waals surface area contributed by atoms with Crippen molar-refractivity contribution in [3.05, 3.63) is 67.4 Å². The number of rotatable bonds is 1. The van der Waals surface area contributed by atoms with Crippen molar-refractivity contribution in [3.63, 3.8) is 0 Å². The van der Waals surface area contributed by atoms with E-state index in [-0.39, 0.29) is 0 Å². The number of carbonyl (C=O) groups is 1. The van der Waals surface area contributed by atoms with E-state index in [9.17, 15) is 14.4 Å². The summed E-state index contributed by atoms with van der Waals surface area (Å²) in [5.74, 6) is -0.487. The maximum absolute atomic E-state index is 11.9. The van der Waals surface area contributed by atoms with Gasteiger partial charge in [0.1, 0.15) is 0 Å². The van der Waals surface area contributed by atoms with Crippen molar-refractivity contribution in [3.8, 4) is 0 Å². The minimum Gasteiger partial charge on any atom is -0.274 e. The van der Waals surface area contributed by atoms with Gasteiger partial charge >= 0.3 is 5.69 Å². The summed E-state index contributed by atoms with van der Waals surface area (Å²) in [6.45, 7) is 0. The Morgan fingerprint density at radius 2 is 1.76 bits per heavy atom. The first-order chi connectivity index (χ1) is 8.08. The summed E-state index contributed by atoms with van der Waals surface area (Å²) in [5.41, 5.74) is -0.914. The molecule has 2 aromatic rings. The lowest BCUT2D eigenvalue weighted by Crippen LogP contribution is -2.33. The number of nitrogens with one attached hydrogen (secondary N) is 1. The number of H-pyrrole nitrogens is 1. The summed E-state index contributed by atoms with van der Waals surface area (Å²) >= 11 is 3.25. The molecule has 0 spiro atoms. The molecular weight excluding hydrogens is 288 g/mol. The van der Waals surface area contributed by atoms with Crippen LogP contribution in [-0.2, 0) is 0 Å². The van der Waals surface area contributed by atoms with Crippen molar-refractivity contribution < 1.29 is 4.79 Å². The smallest absolute Gasteiger partial charge is 0.274 e. The molecule has 1 aromatic carbocycles. The van der Waals surface area contributed by atoms with Crippen LogP contribution in [0.2, 0.25) is 0 Å². The third-order valence-corrected chi connectivity index (χ3v) is 2.66. The fraction of sp³-hybridized carbons (Fsp3) is 0. The Labute approximate surface area is 104 Å². The lowest BCUT2D eigenvalue weighted by Gasteiger charge is -2.02. The number of benzene rings is 1. The van der Waals surface area contributed by atoms with Gasteiger partial charge in [0.2, 0.25) is 0 Å². The summed E-state index contributed by atoms with van der Waals surface area (Å²) in [6.07, 6.45) is 1.16. The number of aromatic amines is 1. The molecule has 6 heteroatoms. The number of nitrogens with zero attached hydrogens (tertiary/aromatic N) is 1. The second kappa shape index (κ2) is 4.50. The molecule has 17 heavy (non-hydrogen) atoms. The van der Waals surface area contributed by atoms with Gasteiger partial charge in [0.25, 0.3) is 11.5 Å². The Morgan fingerprint density at radius 3 is 2.35 bits per heavy atom. The van der Waals surface area contributed by atoms with Crippen LogP contribution in [0.1, 0.15) is 10.4 Å². The van der Waals surface area contributed by atoms with Gasteiger partial charge in [0, 0.05) is 22.3 Å². The highest BCUT2D eigenvalue weighted by Gasteiger charge is 2.09. The summed E-state index contributed by atoms with van der Waals surface area (Å²) in [5, 5.41) is 0. The average Bonchev–Trinajstić information content (AvgIpc) is 2.29. The van der Waals surface area contributed by atoms with Gasteiger partial charge in [0.15, 0.2) is 0 Å². The van der Waals surface area contributed by atoms with E-state index < -0.39 is 17.2 Å². The molecule has 0 unspecified atom stereocenters. The van der Waals surface area contributed by atoms with E-state index in [4.69, 9.17) is 0 Å². The SMILES string of the molecule is O=C(c1ccc(Br)cc1)n1ccc(=O)[nH]c1=O. The quantitative estimate of drug-likeness (QED) is 0.852. The van der Waals surface area contributed by atoms with Gasteiger partial charge in [-0.25, -0.2) is 9.36 Å². The van der Waals surface area contributed by atoms with Crippen molar-refractivity contribution >= 4 is 21.8 Å². The van der Waals surface area contributed by atoms with Crippen LogP contribution < -0.4 is 11.2 Å². The summed E-state index contributed by atoms with van der Waals surface area (Å²) in [4.78, 5) is 36.2. The molecular formula is C11H7BrN2O3. The molecule has 5 nitrogen and oxygen atoms in total. The predicted molar refractivity (Wildman–Crippen MR) is 65.2 cm³/mol. The number of halogens is 1. The zero-order valence-corrected chi connectivity index (χ0v) is 10.1. The van der Waals surface area contributed by atoms with Crippen LogP contribution >= 0.6 is 15.9 Å². The van der Waals surface area contributed by atoms with Crippen LogP contribution in [0.5, 0.6) is 0 Å². The summed E-state index contributed by atoms with van der Waals surface area (Å²) in [7, 11) is 0. The average molecular weight is 295 g/mol. The van der Waals surface area contributed by atoms with Crippen LogP contribution in [0, 0.1) is 0 Å². The fourth-order valence-electron chi connectivity index (χ4n) is 1.31. The van der Waals surface area contributed by atoms with E-state index in [1.54, 1.807) is 24.3 Å². The minimum absolute atomic E-state index is 0.363. The highest BCUT2D eigenvalue weighted by Crippen LogP contribution is 2.10. The van der Waals surface area contributed by atoms with Crippen LogP contribution in [-0.4, -0.2) is 15.5 Å².